The number of hydrogen-bond donors (Lipinski definition) is 0. The van der Waals surface area contributed by atoms with E-state index in [4.69, 9.17) is 0 Å². The van der Waals surface area contributed by atoms with Crippen molar-refractivity contribution in [3.63, 3.8) is 0 Å². The normalized spacial score (nSPS) is 15.2. The highest BCUT2D eigenvalue weighted by molar-refractivity contribution is 7.09. The quantitative estimate of drug-likeness (QED) is 0.504. The number of nitro benzene ring substituents is 2. The maximum atomic E-state index is 13.1. The SMILES string of the molecule is CCc1nsc(N2CCCN(c3c([N+](=O)[O-])cc(C(F)(F)F)cc3[N+](=O)[O-])CC2)n1. The van der Waals surface area contributed by atoms with Crippen molar-refractivity contribution in [1.82, 2.24) is 9.36 Å². The molecule has 0 amide bonds. The molecule has 1 aromatic heterocycles. The van der Waals surface area contributed by atoms with Gasteiger partial charge in [0.15, 0.2) is 5.69 Å². The summed E-state index contributed by atoms with van der Waals surface area (Å²) in [6, 6.07) is 0.701. The fraction of sp³-hybridized carbons (Fsp3) is 0.500. The molecule has 0 N–H and O–H groups in total. The number of rotatable bonds is 5. The number of nitrogens with zero attached hydrogens (tertiary/aromatic N) is 6. The van der Waals surface area contributed by atoms with Gasteiger partial charge in [0.25, 0.3) is 11.4 Å². The summed E-state index contributed by atoms with van der Waals surface area (Å²) >= 11 is 1.21. The van der Waals surface area contributed by atoms with Crippen LogP contribution in [0.2, 0.25) is 0 Å². The highest BCUT2D eigenvalue weighted by Gasteiger charge is 2.39. The molecular formula is C16H17F3N6O4S. The van der Waals surface area contributed by atoms with E-state index in [1.165, 1.54) is 16.4 Å². The lowest BCUT2D eigenvalue weighted by Crippen LogP contribution is -2.31. The minimum Gasteiger partial charge on any atom is -0.358 e. The van der Waals surface area contributed by atoms with Crippen molar-refractivity contribution in [2.45, 2.75) is 25.9 Å². The molecule has 10 nitrogen and oxygen atoms in total. The molecule has 1 aliphatic heterocycles. The predicted molar refractivity (Wildman–Crippen MR) is 103 cm³/mol. The Morgan fingerprint density at radius 2 is 1.63 bits per heavy atom. The Bertz CT molecular complexity index is 932. The number of nitro groups is 2. The minimum absolute atomic E-state index is 0.147. The summed E-state index contributed by atoms with van der Waals surface area (Å²) in [6.45, 7) is 3.15. The molecule has 0 radical (unpaired) electrons. The van der Waals surface area contributed by atoms with Crippen molar-refractivity contribution in [3.05, 3.63) is 43.7 Å². The van der Waals surface area contributed by atoms with Crippen molar-refractivity contribution in [2.24, 2.45) is 0 Å². The Hall–Kier alpha value is -3.03. The first kappa shape index (κ1) is 21.7. The van der Waals surface area contributed by atoms with Crippen molar-refractivity contribution >= 4 is 33.7 Å². The van der Waals surface area contributed by atoms with Crippen LogP contribution in [0.4, 0.5) is 35.4 Å². The molecule has 162 valence electrons. The van der Waals surface area contributed by atoms with Gasteiger partial charge in [-0.1, -0.05) is 6.92 Å². The lowest BCUT2D eigenvalue weighted by molar-refractivity contribution is -0.393. The molecule has 0 bridgehead atoms. The van der Waals surface area contributed by atoms with Gasteiger partial charge >= 0.3 is 6.18 Å². The largest absolute Gasteiger partial charge is 0.416 e. The Morgan fingerprint density at radius 3 is 2.13 bits per heavy atom. The highest BCUT2D eigenvalue weighted by Crippen LogP contribution is 2.43. The minimum atomic E-state index is -4.95. The monoisotopic (exact) mass is 446 g/mol. The highest BCUT2D eigenvalue weighted by atomic mass is 32.1. The van der Waals surface area contributed by atoms with Gasteiger partial charge in [0, 0.05) is 56.3 Å². The molecule has 0 atom stereocenters. The van der Waals surface area contributed by atoms with Gasteiger partial charge in [-0.15, -0.1) is 0 Å². The fourth-order valence-electron chi connectivity index (χ4n) is 3.22. The molecule has 1 aromatic carbocycles. The summed E-state index contributed by atoms with van der Waals surface area (Å²) in [5, 5.41) is 23.6. The van der Waals surface area contributed by atoms with E-state index in [9.17, 15) is 33.4 Å². The van der Waals surface area contributed by atoms with Crippen molar-refractivity contribution in [3.8, 4) is 0 Å². The molecule has 14 heteroatoms. The van der Waals surface area contributed by atoms with Crippen molar-refractivity contribution in [1.29, 1.82) is 0 Å². The average molecular weight is 446 g/mol. The van der Waals surface area contributed by atoms with E-state index in [-0.39, 0.29) is 13.1 Å². The summed E-state index contributed by atoms with van der Waals surface area (Å²) in [7, 11) is 0. The number of halogens is 3. The van der Waals surface area contributed by atoms with Crippen LogP contribution >= 0.6 is 11.5 Å². The lowest BCUT2D eigenvalue weighted by atomic mass is 10.1. The van der Waals surface area contributed by atoms with Gasteiger partial charge in [0.1, 0.15) is 5.82 Å². The Morgan fingerprint density at radius 1 is 1.07 bits per heavy atom. The van der Waals surface area contributed by atoms with Crippen LogP contribution in [0.15, 0.2) is 12.1 Å². The maximum Gasteiger partial charge on any atom is 0.416 e. The number of hydrogen-bond acceptors (Lipinski definition) is 9. The number of aromatic nitrogens is 2. The third kappa shape index (κ3) is 4.42. The number of alkyl halides is 3. The molecule has 3 rings (SSSR count). The molecular weight excluding hydrogens is 429 g/mol. The van der Waals surface area contributed by atoms with Crippen LogP contribution < -0.4 is 9.80 Å². The van der Waals surface area contributed by atoms with Gasteiger partial charge in [-0.3, -0.25) is 20.2 Å². The van der Waals surface area contributed by atoms with Crippen molar-refractivity contribution in [2.75, 3.05) is 36.0 Å². The molecule has 30 heavy (non-hydrogen) atoms. The molecule has 2 heterocycles. The van der Waals surface area contributed by atoms with E-state index in [2.05, 4.69) is 9.36 Å². The smallest absolute Gasteiger partial charge is 0.358 e. The Balaban J connectivity index is 1.97. The van der Waals surface area contributed by atoms with E-state index in [0.29, 0.717) is 49.0 Å². The van der Waals surface area contributed by atoms with Crippen LogP contribution in [-0.2, 0) is 12.6 Å². The van der Waals surface area contributed by atoms with Crippen LogP contribution in [0.25, 0.3) is 0 Å². The zero-order valence-electron chi connectivity index (χ0n) is 15.8. The van der Waals surface area contributed by atoms with Crippen LogP contribution in [0.5, 0.6) is 0 Å². The first-order chi connectivity index (χ1) is 14.1. The second kappa shape index (κ2) is 8.38. The molecule has 0 saturated carbocycles. The Labute approximate surface area is 172 Å². The summed E-state index contributed by atoms with van der Waals surface area (Å²) < 4.78 is 43.5. The van der Waals surface area contributed by atoms with Crippen LogP contribution in [-0.4, -0.2) is 45.4 Å². The van der Waals surface area contributed by atoms with E-state index in [0.717, 1.165) is 0 Å². The number of benzene rings is 1. The van der Waals surface area contributed by atoms with Gasteiger partial charge in [0.2, 0.25) is 5.13 Å². The molecule has 1 fully saturated rings. The van der Waals surface area contributed by atoms with Gasteiger partial charge in [-0.2, -0.15) is 17.5 Å². The van der Waals surface area contributed by atoms with E-state index >= 15 is 0 Å². The van der Waals surface area contributed by atoms with E-state index < -0.39 is 38.6 Å². The topological polar surface area (TPSA) is 119 Å². The van der Waals surface area contributed by atoms with Crippen molar-refractivity contribution < 1.29 is 23.0 Å². The number of anilines is 2. The lowest BCUT2D eigenvalue weighted by Gasteiger charge is -2.23. The Kier molecular flexibility index (Phi) is 6.05. The summed E-state index contributed by atoms with van der Waals surface area (Å²) in [6.07, 6.45) is -3.80. The van der Waals surface area contributed by atoms with Crippen LogP contribution in [0.3, 0.4) is 0 Å². The van der Waals surface area contributed by atoms with Gasteiger partial charge in [-0.05, 0) is 6.42 Å². The molecule has 1 aliphatic rings. The van der Waals surface area contributed by atoms with E-state index in [1.54, 1.807) is 0 Å². The third-order valence-electron chi connectivity index (χ3n) is 4.65. The van der Waals surface area contributed by atoms with Gasteiger partial charge < -0.3 is 9.80 Å². The molecule has 0 spiro atoms. The third-order valence-corrected chi connectivity index (χ3v) is 5.46. The van der Waals surface area contributed by atoms with Crippen LogP contribution in [0.1, 0.15) is 24.7 Å². The second-order valence-corrected chi connectivity index (χ2v) is 7.28. The summed E-state index contributed by atoms with van der Waals surface area (Å²) in [4.78, 5) is 28.7. The molecule has 0 unspecified atom stereocenters. The molecule has 0 aliphatic carbocycles. The average Bonchev–Trinajstić information content (AvgIpc) is 3.03. The maximum absolute atomic E-state index is 13.1. The zero-order chi connectivity index (χ0) is 22.1. The second-order valence-electron chi connectivity index (χ2n) is 6.55. The standard InChI is InChI=1S/C16H17F3N6O4S/c1-2-13-20-15(30-21-13)23-5-3-4-22(6-7-23)14-11(24(26)27)8-10(16(17,18)19)9-12(14)25(28)29/h8-9H,2-7H2,1H3. The molecule has 2 aromatic rings. The first-order valence-corrected chi connectivity index (χ1v) is 9.75. The first-order valence-electron chi connectivity index (χ1n) is 8.98. The summed E-state index contributed by atoms with van der Waals surface area (Å²) in [5.74, 6) is 0.685. The van der Waals surface area contributed by atoms with Crippen LogP contribution in [0, 0.1) is 20.2 Å². The predicted octanol–water partition coefficient (Wildman–Crippen LogP) is 3.65. The van der Waals surface area contributed by atoms with E-state index in [1.807, 2.05) is 11.8 Å². The van der Waals surface area contributed by atoms with Gasteiger partial charge in [-0.25, -0.2) is 4.98 Å². The summed E-state index contributed by atoms with van der Waals surface area (Å²) in [5.41, 5.74) is -3.71. The fourth-order valence-corrected chi connectivity index (χ4v) is 4.02. The van der Waals surface area contributed by atoms with Gasteiger partial charge in [0.05, 0.1) is 15.4 Å². The zero-order valence-corrected chi connectivity index (χ0v) is 16.6. The number of aryl methyl sites for hydroxylation is 1. The molecule has 1 saturated heterocycles.